The molecule has 1 aromatic carbocycles. The molecule has 10 nitrogen and oxygen atoms in total. The number of benzene rings is 1. The smallest absolute Gasteiger partial charge is 0.409 e. The van der Waals surface area contributed by atoms with Crippen LogP contribution < -0.4 is 4.90 Å². The van der Waals surface area contributed by atoms with Crippen molar-refractivity contribution >= 4 is 29.2 Å². The Morgan fingerprint density at radius 2 is 1.97 bits per heavy atom. The number of aliphatic hydroxyl groups is 1. The van der Waals surface area contributed by atoms with Gasteiger partial charge in [-0.05, 0) is 52.7 Å². The molecule has 2 aromatic rings. The largest absolute Gasteiger partial charge is 0.446 e. The monoisotopic (exact) mass is 441 g/mol. The number of ether oxygens (including phenoxy) is 1. The molecule has 1 saturated heterocycles. The molecule has 1 fully saturated rings. The first kappa shape index (κ1) is 21.8. The molecule has 0 bridgehead atoms. The Balaban J connectivity index is 1.49. The van der Waals surface area contributed by atoms with Gasteiger partial charge in [-0.15, -0.1) is 0 Å². The summed E-state index contributed by atoms with van der Waals surface area (Å²) >= 11 is 5.85. The van der Waals surface area contributed by atoms with Gasteiger partial charge in [-0.25, -0.2) is 9.18 Å². The lowest BCUT2D eigenvalue weighted by atomic mass is 10.1. The minimum Gasteiger partial charge on any atom is -0.446 e. The average Bonchev–Trinajstić information content (AvgIpc) is 3.07. The van der Waals surface area contributed by atoms with Gasteiger partial charge >= 0.3 is 17.2 Å². The molecule has 1 atom stereocenters. The van der Waals surface area contributed by atoms with E-state index < -0.39 is 22.4 Å². The van der Waals surface area contributed by atoms with E-state index in [4.69, 9.17) is 16.3 Å². The van der Waals surface area contributed by atoms with Crippen molar-refractivity contribution in [2.75, 3.05) is 37.7 Å². The lowest BCUT2D eigenvalue weighted by Gasteiger charge is -2.36. The molecule has 1 amide bonds. The highest BCUT2D eigenvalue weighted by Crippen LogP contribution is 2.20. The van der Waals surface area contributed by atoms with E-state index >= 15 is 0 Å². The molecule has 3 rings (SSSR count). The number of nitrogens with zero attached hydrogens (tertiary/aromatic N) is 5. The van der Waals surface area contributed by atoms with Gasteiger partial charge in [0.25, 0.3) is 0 Å². The Morgan fingerprint density at radius 3 is 2.53 bits per heavy atom. The lowest BCUT2D eigenvalue weighted by molar-refractivity contribution is -0.389. The molecule has 12 heteroatoms. The van der Waals surface area contributed by atoms with Crippen molar-refractivity contribution in [1.29, 1.82) is 0 Å². The Hall–Kier alpha value is -2.92. The minimum absolute atomic E-state index is 0.141. The highest BCUT2D eigenvalue weighted by molar-refractivity contribution is 6.28. The van der Waals surface area contributed by atoms with Crippen LogP contribution in [0.3, 0.4) is 0 Å². The highest BCUT2D eigenvalue weighted by atomic mass is 35.5. The van der Waals surface area contributed by atoms with Crippen LogP contribution in [0.2, 0.25) is 5.28 Å². The third-order valence-corrected chi connectivity index (χ3v) is 4.95. The van der Waals surface area contributed by atoms with Gasteiger partial charge in [0.1, 0.15) is 24.2 Å². The van der Waals surface area contributed by atoms with Gasteiger partial charge in [-0.3, -0.25) is 4.57 Å². The van der Waals surface area contributed by atoms with Crippen LogP contribution in [0.25, 0.3) is 0 Å². The third-order valence-electron chi connectivity index (χ3n) is 4.65. The van der Waals surface area contributed by atoms with Crippen LogP contribution >= 0.6 is 11.6 Å². The summed E-state index contributed by atoms with van der Waals surface area (Å²) in [4.78, 5) is 29.5. The number of piperazine rings is 1. The molecule has 1 aliphatic rings. The van der Waals surface area contributed by atoms with Crippen LogP contribution in [0.1, 0.15) is 6.92 Å². The van der Waals surface area contributed by atoms with Crippen molar-refractivity contribution < 1.29 is 24.0 Å². The molecule has 0 aliphatic carbocycles. The molecule has 0 spiro atoms. The van der Waals surface area contributed by atoms with E-state index in [1.807, 2.05) is 4.90 Å². The standard InChI is InChI=1S/C18H21ClFN5O5/c1-18(27,11-24-10-15(25(28)29)21-16(24)19)12-30-17(26)23-8-6-22(7-9-23)14-4-2-13(20)3-5-14/h2-5,10,27H,6-9,11-12H2,1H3/t18-/m1/s1. The quantitative estimate of drug-likeness (QED) is 0.540. The molecular formula is C18H21ClFN5O5. The van der Waals surface area contributed by atoms with Gasteiger partial charge < -0.3 is 29.8 Å². The van der Waals surface area contributed by atoms with Crippen molar-refractivity contribution in [1.82, 2.24) is 14.5 Å². The summed E-state index contributed by atoms with van der Waals surface area (Å²) in [7, 11) is 0. The van der Waals surface area contributed by atoms with E-state index in [0.29, 0.717) is 26.2 Å². The second-order valence-electron chi connectivity index (χ2n) is 7.26. The fraction of sp³-hybridized carbons (Fsp3) is 0.444. The van der Waals surface area contributed by atoms with Gasteiger partial charge in [-0.2, -0.15) is 0 Å². The fourth-order valence-corrected chi connectivity index (χ4v) is 3.29. The predicted molar refractivity (Wildman–Crippen MR) is 106 cm³/mol. The second kappa shape index (κ2) is 8.84. The third kappa shape index (κ3) is 5.36. The maximum Gasteiger partial charge on any atom is 0.409 e. The summed E-state index contributed by atoms with van der Waals surface area (Å²) in [6, 6.07) is 6.15. The Morgan fingerprint density at radius 1 is 1.33 bits per heavy atom. The molecule has 0 radical (unpaired) electrons. The van der Waals surface area contributed by atoms with Crippen molar-refractivity contribution in [3.05, 3.63) is 51.7 Å². The molecular weight excluding hydrogens is 421 g/mol. The number of amides is 1. The van der Waals surface area contributed by atoms with E-state index in [0.717, 1.165) is 11.9 Å². The van der Waals surface area contributed by atoms with Gasteiger partial charge in [0.2, 0.25) is 0 Å². The average molecular weight is 442 g/mol. The van der Waals surface area contributed by atoms with Gasteiger partial charge in [0.05, 0.1) is 6.54 Å². The van der Waals surface area contributed by atoms with E-state index in [2.05, 4.69) is 4.98 Å². The lowest BCUT2D eigenvalue weighted by Crippen LogP contribution is -2.50. The summed E-state index contributed by atoms with van der Waals surface area (Å²) in [5, 5.41) is 21.1. The van der Waals surface area contributed by atoms with Crippen molar-refractivity contribution in [2.45, 2.75) is 19.1 Å². The first-order chi connectivity index (χ1) is 14.1. The topological polar surface area (TPSA) is 114 Å². The van der Waals surface area contributed by atoms with Crippen LogP contribution in [0.4, 0.5) is 20.7 Å². The molecule has 0 unspecified atom stereocenters. The van der Waals surface area contributed by atoms with Gasteiger partial charge in [0, 0.05) is 31.9 Å². The maximum atomic E-state index is 13.0. The van der Waals surface area contributed by atoms with E-state index in [-0.39, 0.29) is 24.3 Å². The van der Waals surface area contributed by atoms with Crippen molar-refractivity contribution in [3.63, 3.8) is 0 Å². The molecule has 1 aliphatic heterocycles. The zero-order chi connectivity index (χ0) is 21.9. The summed E-state index contributed by atoms with van der Waals surface area (Å²) in [5.74, 6) is -0.744. The van der Waals surface area contributed by atoms with E-state index in [1.165, 1.54) is 28.5 Å². The number of aromatic nitrogens is 2. The molecule has 0 saturated carbocycles. The number of hydrogen-bond acceptors (Lipinski definition) is 7. The number of nitro groups is 1. The summed E-state index contributed by atoms with van der Waals surface area (Å²) in [5.41, 5.74) is -0.636. The van der Waals surface area contributed by atoms with Crippen LogP contribution in [0.15, 0.2) is 30.5 Å². The zero-order valence-electron chi connectivity index (χ0n) is 16.2. The highest BCUT2D eigenvalue weighted by Gasteiger charge is 2.29. The number of carbonyl (C=O) groups excluding carboxylic acids is 1. The Labute approximate surface area is 176 Å². The first-order valence-electron chi connectivity index (χ1n) is 9.16. The molecule has 1 aromatic heterocycles. The number of hydrogen-bond donors (Lipinski definition) is 1. The number of imidazole rings is 1. The fourth-order valence-electron chi connectivity index (χ4n) is 3.10. The molecule has 30 heavy (non-hydrogen) atoms. The second-order valence-corrected chi connectivity index (χ2v) is 7.59. The van der Waals surface area contributed by atoms with Crippen molar-refractivity contribution in [2.24, 2.45) is 0 Å². The number of carbonyl (C=O) groups is 1. The molecule has 1 N–H and O–H groups in total. The van der Waals surface area contributed by atoms with Gasteiger partial charge in [0.15, 0.2) is 0 Å². The summed E-state index contributed by atoms with van der Waals surface area (Å²) in [6.45, 7) is 2.91. The van der Waals surface area contributed by atoms with Crippen LogP contribution in [0.5, 0.6) is 0 Å². The maximum absolute atomic E-state index is 13.0. The zero-order valence-corrected chi connectivity index (χ0v) is 17.0. The van der Waals surface area contributed by atoms with E-state index in [1.54, 1.807) is 12.1 Å². The van der Waals surface area contributed by atoms with Gasteiger partial charge in [-0.1, -0.05) is 0 Å². The SMILES string of the molecule is C[C@](O)(COC(=O)N1CCN(c2ccc(F)cc2)CC1)Cn1cc([N+](=O)[O-])nc1Cl. The number of rotatable bonds is 6. The van der Waals surface area contributed by atoms with E-state index in [9.17, 15) is 24.4 Å². The van der Waals surface area contributed by atoms with Crippen LogP contribution in [-0.4, -0.2) is 69.0 Å². The Bertz CT molecular complexity index is 912. The van der Waals surface area contributed by atoms with Crippen LogP contribution in [-0.2, 0) is 11.3 Å². The summed E-state index contributed by atoms with van der Waals surface area (Å²) < 4.78 is 19.5. The van der Waals surface area contributed by atoms with Crippen molar-refractivity contribution in [3.8, 4) is 0 Å². The summed E-state index contributed by atoms with van der Waals surface area (Å²) in [6.07, 6.45) is 0.532. The number of anilines is 1. The predicted octanol–water partition coefficient (Wildman–Crippen LogP) is 2.29. The molecule has 2 heterocycles. The first-order valence-corrected chi connectivity index (χ1v) is 9.54. The van der Waals surface area contributed by atoms with Crippen LogP contribution in [0, 0.1) is 15.9 Å². The molecule has 162 valence electrons. The Kier molecular flexibility index (Phi) is 6.42. The number of halogens is 2. The normalized spacial score (nSPS) is 16.3. The minimum atomic E-state index is -1.51.